The van der Waals surface area contributed by atoms with Crippen molar-refractivity contribution in [2.45, 2.75) is 6.92 Å². The molecule has 1 fully saturated rings. The minimum atomic E-state index is -0.594. The first-order chi connectivity index (χ1) is 11.3. The van der Waals surface area contributed by atoms with Crippen molar-refractivity contribution in [3.63, 3.8) is 0 Å². The highest BCUT2D eigenvalue weighted by Crippen LogP contribution is 2.28. The van der Waals surface area contributed by atoms with Gasteiger partial charge in [0.2, 0.25) is 0 Å². The normalized spacial score (nSPS) is 16.7. The molecule has 2 heterocycles. The van der Waals surface area contributed by atoms with Gasteiger partial charge in [0.05, 0.1) is 5.69 Å². The molecule has 1 saturated heterocycles. The van der Waals surface area contributed by atoms with E-state index in [0.717, 1.165) is 4.90 Å². The topological polar surface area (TPSA) is 62.6 Å². The number of carbonyl (C=O) groups excluding carboxylic acids is 2. The highest BCUT2D eigenvalue weighted by atomic mass is 35.5. The van der Waals surface area contributed by atoms with Gasteiger partial charge in [-0.3, -0.25) is 19.8 Å². The number of furan rings is 1. The lowest BCUT2D eigenvalue weighted by atomic mass is 10.1. The number of anilines is 1. The van der Waals surface area contributed by atoms with Gasteiger partial charge in [0.1, 0.15) is 17.1 Å². The van der Waals surface area contributed by atoms with Crippen molar-refractivity contribution in [1.82, 2.24) is 5.32 Å². The summed E-state index contributed by atoms with van der Waals surface area (Å²) in [5.41, 5.74) is 0.262. The van der Waals surface area contributed by atoms with Crippen LogP contribution in [0.5, 0.6) is 0 Å². The van der Waals surface area contributed by atoms with Crippen LogP contribution < -0.4 is 10.2 Å². The number of benzene rings is 1. The molecule has 1 aromatic carbocycles. The first-order valence-corrected chi connectivity index (χ1v) is 7.95. The number of carbonyl (C=O) groups is 2. The van der Waals surface area contributed by atoms with Crippen LogP contribution in [0.25, 0.3) is 6.08 Å². The van der Waals surface area contributed by atoms with Crippen LogP contribution in [0.2, 0.25) is 10.0 Å². The zero-order valence-corrected chi connectivity index (χ0v) is 14.6. The van der Waals surface area contributed by atoms with Gasteiger partial charge < -0.3 is 4.42 Å². The fraction of sp³-hybridized carbons (Fsp3) is 0.0625. The van der Waals surface area contributed by atoms with Crippen molar-refractivity contribution in [3.8, 4) is 0 Å². The van der Waals surface area contributed by atoms with Crippen molar-refractivity contribution in [2.75, 3.05) is 4.90 Å². The van der Waals surface area contributed by atoms with E-state index >= 15 is 0 Å². The molecule has 2 aromatic rings. The first-order valence-electron chi connectivity index (χ1n) is 6.79. The van der Waals surface area contributed by atoms with Crippen molar-refractivity contribution < 1.29 is 14.0 Å². The summed E-state index contributed by atoms with van der Waals surface area (Å²) in [5, 5.41) is 3.12. The van der Waals surface area contributed by atoms with Crippen LogP contribution in [-0.2, 0) is 9.59 Å². The maximum atomic E-state index is 12.8. The standard InChI is InChI=1S/C16H10Cl2N2O3S/c1-8-2-3-12(23-8)7-13-14(21)19-16(24)20(15(13)22)11-5-9(17)4-10(18)6-11/h2-7H,1H3,(H,19,21,24)/b13-7-. The predicted molar refractivity (Wildman–Crippen MR) is 96.1 cm³/mol. The van der Waals surface area contributed by atoms with Crippen molar-refractivity contribution in [3.05, 3.63) is 57.5 Å². The Labute approximate surface area is 152 Å². The number of hydrogen-bond acceptors (Lipinski definition) is 4. The SMILES string of the molecule is Cc1ccc(/C=C2/C(=O)NC(=S)N(c3cc(Cl)cc(Cl)c3)C2=O)o1. The average molecular weight is 381 g/mol. The van der Waals surface area contributed by atoms with Gasteiger partial charge in [0, 0.05) is 10.0 Å². The molecule has 8 heteroatoms. The summed E-state index contributed by atoms with van der Waals surface area (Å²) >= 11 is 17.1. The van der Waals surface area contributed by atoms with E-state index in [-0.39, 0.29) is 10.7 Å². The van der Waals surface area contributed by atoms with Crippen LogP contribution in [0.1, 0.15) is 11.5 Å². The molecule has 0 radical (unpaired) electrons. The molecule has 0 spiro atoms. The van der Waals surface area contributed by atoms with E-state index in [1.54, 1.807) is 19.1 Å². The monoisotopic (exact) mass is 380 g/mol. The second kappa shape index (κ2) is 6.39. The Morgan fingerprint density at radius 2 is 1.83 bits per heavy atom. The molecule has 1 aromatic heterocycles. The Morgan fingerprint density at radius 3 is 2.42 bits per heavy atom. The van der Waals surface area contributed by atoms with Crippen LogP contribution in [0.3, 0.4) is 0 Å². The number of aryl methyl sites for hydroxylation is 1. The number of nitrogens with one attached hydrogen (secondary N) is 1. The lowest BCUT2D eigenvalue weighted by Crippen LogP contribution is -2.54. The summed E-state index contributed by atoms with van der Waals surface area (Å²) in [7, 11) is 0. The third-order valence-corrected chi connectivity index (χ3v) is 3.98. The maximum Gasteiger partial charge on any atom is 0.270 e. The molecule has 24 heavy (non-hydrogen) atoms. The molecule has 122 valence electrons. The van der Waals surface area contributed by atoms with Gasteiger partial charge in [0.15, 0.2) is 5.11 Å². The highest BCUT2D eigenvalue weighted by molar-refractivity contribution is 7.80. The fourth-order valence-corrected chi connectivity index (χ4v) is 3.03. The van der Waals surface area contributed by atoms with Gasteiger partial charge in [-0.2, -0.15) is 0 Å². The predicted octanol–water partition coefficient (Wildman–Crippen LogP) is 3.73. The molecule has 0 atom stereocenters. The van der Waals surface area contributed by atoms with Crippen molar-refractivity contribution >= 4 is 64.1 Å². The molecule has 2 amide bonds. The summed E-state index contributed by atoms with van der Waals surface area (Å²) in [6.45, 7) is 1.76. The maximum absolute atomic E-state index is 12.8. The Morgan fingerprint density at radius 1 is 1.17 bits per heavy atom. The average Bonchev–Trinajstić information content (AvgIpc) is 2.87. The summed E-state index contributed by atoms with van der Waals surface area (Å²) in [6.07, 6.45) is 1.37. The van der Waals surface area contributed by atoms with Gasteiger partial charge in [0.25, 0.3) is 11.8 Å². The zero-order chi connectivity index (χ0) is 17.4. The molecule has 1 N–H and O–H groups in total. The number of thiocarbonyl (C=S) groups is 1. The van der Waals surface area contributed by atoms with Crippen molar-refractivity contribution in [1.29, 1.82) is 0 Å². The van der Waals surface area contributed by atoms with Crippen LogP contribution in [0.4, 0.5) is 5.69 Å². The van der Waals surface area contributed by atoms with Crippen LogP contribution in [0.15, 0.2) is 40.3 Å². The molecular weight excluding hydrogens is 371 g/mol. The van der Waals surface area contributed by atoms with Gasteiger partial charge in [-0.05, 0) is 55.5 Å². The molecule has 1 aliphatic rings. The largest absolute Gasteiger partial charge is 0.462 e. The number of halogens is 2. The lowest BCUT2D eigenvalue weighted by molar-refractivity contribution is -0.122. The van der Waals surface area contributed by atoms with Crippen LogP contribution in [-0.4, -0.2) is 16.9 Å². The van der Waals surface area contributed by atoms with Crippen LogP contribution in [0, 0.1) is 6.92 Å². The summed E-state index contributed by atoms with van der Waals surface area (Å²) in [5.74, 6) is -0.123. The summed E-state index contributed by atoms with van der Waals surface area (Å²) in [4.78, 5) is 26.1. The second-order valence-corrected chi connectivity index (χ2v) is 6.29. The summed E-state index contributed by atoms with van der Waals surface area (Å²) in [6, 6.07) is 7.99. The van der Waals surface area contributed by atoms with E-state index < -0.39 is 11.8 Å². The minimum absolute atomic E-state index is 0.0453. The molecule has 0 saturated carbocycles. The van der Waals surface area contributed by atoms with E-state index in [0.29, 0.717) is 27.3 Å². The molecule has 0 unspecified atom stereocenters. The smallest absolute Gasteiger partial charge is 0.270 e. The number of amides is 2. The number of hydrogen-bond donors (Lipinski definition) is 1. The van der Waals surface area contributed by atoms with E-state index in [1.807, 2.05) is 0 Å². The van der Waals surface area contributed by atoms with Gasteiger partial charge in [-0.15, -0.1) is 0 Å². The van der Waals surface area contributed by atoms with Gasteiger partial charge in [-0.25, -0.2) is 0 Å². The third-order valence-electron chi connectivity index (χ3n) is 3.25. The molecule has 0 bridgehead atoms. The molecule has 1 aliphatic heterocycles. The quantitative estimate of drug-likeness (QED) is 0.489. The fourth-order valence-electron chi connectivity index (χ4n) is 2.23. The molecule has 5 nitrogen and oxygen atoms in total. The molecule has 3 rings (SSSR count). The Bertz CT molecular complexity index is 884. The van der Waals surface area contributed by atoms with E-state index in [9.17, 15) is 9.59 Å². The Balaban J connectivity index is 2.04. The molecule has 0 aliphatic carbocycles. The van der Waals surface area contributed by atoms with E-state index in [1.165, 1.54) is 24.3 Å². The first kappa shape index (κ1) is 16.7. The van der Waals surface area contributed by atoms with E-state index in [4.69, 9.17) is 39.8 Å². The van der Waals surface area contributed by atoms with Gasteiger partial charge in [-0.1, -0.05) is 23.2 Å². The summed E-state index contributed by atoms with van der Waals surface area (Å²) < 4.78 is 5.39. The van der Waals surface area contributed by atoms with E-state index in [2.05, 4.69) is 5.32 Å². The second-order valence-electron chi connectivity index (χ2n) is 5.03. The third kappa shape index (κ3) is 3.21. The Hall–Kier alpha value is -2.15. The van der Waals surface area contributed by atoms with Crippen LogP contribution >= 0.6 is 35.4 Å². The Kier molecular flexibility index (Phi) is 4.45. The van der Waals surface area contributed by atoms with Gasteiger partial charge >= 0.3 is 0 Å². The highest BCUT2D eigenvalue weighted by Gasteiger charge is 2.35. The number of rotatable bonds is 2. The lowest BCUT2D eigenvalue weighted by Gasteiger charge is -2.29. The van der Waals surface area contributed by atoms with Crippen molar-refractivity contribution in [2.24, 2.45) is 0 Å². The number of nitrogens with zero attached hydrogens (tertiary/aromatic N) is 1. The molecular formula is C16H10Cl2N2O3S. The minimum Gasteiger partial charge on any atom is -0.462 e. The zero-order valence-electron chi connectivity index (χ0n) is 12.3.